The number of hydrogen-bond acceptors (Lipinski definition) is 2. The summed E-state index contributed by atoms with van der Waals surface area (Å²) in [7, 11) is 0. The van der Waals surface area contributed by atoms with Gasteiger partial charge in [-0.2, -0.15) is 5.10 Å². The Hall–Kier alpha value is -1.61. The van der Waals surface area contributed by atoms with E-state index in [9.17, 15) is 0 Å². The standard InChI is InChI=1S/C16H23N3/c1-4-15-14(10-17)16(5-2)19(18-15)11-13-8-6-7-12(3)9-13/h6-9H,4-5,10-11,17H2,1-3H3. The predicted octanol–water partition coefficient (Wildman–Crippen LogP) is 2.82. The Balaban J connectivity index is 2.37. The molecule has 1 heterocycles. The van der Waals surface area contributed by atoms with E-state index in [0.29, 0.717) is 6.54 Å². The summed E-state index contributed by atoms with van der Waals surface area (Å²) in [5.74, 6) is 0. The van der Waals surface area contributed by atoms with Crippen LogP contribution in [0.1, 0.15) is 41.9 Å². The summed E-state index contributed by atoms with van der Waals surface area (Å²) in [6.45, 7) is 7.84. The molecule has 3 nitrogen and oxygen atoms in total. The van der Waals surface area contributed by atoms with Gasteiger partial charge in [0.05, 0.1) is 12.2 Å². The van der Waals surface area contributed by atoms with Gasteiger partial charge in [0.25, 0.3) is 0 Å². The number of nitrogens with zero attached hydrogens (tertiary/aromatic N) is 2. The van der Waals surface area contributed by atoms with Crippen molar-refractivity contribution < 1.29 is 0 Å². The van der Waals surface area contributed by atoms with E-state index in [1.165, 1.54) is 22.4 Å². The van der Waals surface area contributed by atoms with Crippen LogP contribution in [0.3, 0.4) is 0 Å². The molecule has 19 heavy (non-hydrogen) atoms. The Bertz CT molecular complexity index is 555. The molecule has 0 fully saturated rings. The molecule has 1 aromatic heterocycles. The number of benzene rings is 1. The zero-order chi connectivity index (χ0) is 13.8. The molecule has 0 bridgehead atoms. The third-order valence-corrected chi connectivity index (χ3v) is 3.54. The molecule has 3 heteroatoms. The van der Waals surface area contributed by atoms with Gasteiger partial charge in [0, 0.05) is 17.8 Å². The topological polar surface area (TPSA) is 43.8 Å². The number of hydrogen-bond donors (Lipinski definition) is 1. The van der Waals surface area contributed by atoms with E-state index in [0.717, 1.165) is 25.1 Å². The lowest BCUT2D eigenvalue weighted by atomic mass is 10.1. The van der Waals surface area contributed by atoms with Crippen molar-refractivity contribution in [3.63, 3.8) is 0 Å². The Morgan fingerprint density at radius 3 is 2.58 bits per heavy atom. The van der Waals surface area contributed by atoms with Gasteiger partial charge in [-0.15, -0.1) is 0 Å². The highest BCUT2D eigenvalue weighted by Crippen LogP contribution is 2.17. The molecule has 0 aliphatic carbocycles. The van der Waals surface area contributed by atoms with E-state index in [1.54, 1.807) is 0 Å². The fraction of sp³-hybridized carbons (Fsp3) is 0.438. The molecule has 0 saturated heterocycles. The molecule has 0 amide bonds. The van der Waals surface area contributed by atoms with E-state index in [2.05, 4.69) is 49.7 Å². The molecule has 0 atom stereocenters. The van der Waals surface area contributed by atoms with Crippen LogP contribution in [0.25, 0.3) is 0 Å². The van der Waals surface area contributed by atoms with Crippen LogP contribution in [0, 0.1) is 6.92 Å². The van der Waals surface area contributed by atoms with E-state index in [4.69, 9.17) is 10.8 Å². The van der Waals surface area contributed by atoms with Crippen LogP contribution in [0.5, 0.6) is 0 Å². The molecule has 2 rings (SSSR count). The summed E-state index contributed by atoms with van der Waals surface area (Å²) in [6, 6.07) is 8.59. The second kappa shape index (κ2) is 6.02. The maximum atomic E-state index is 5.88. The molecule has 0 aliphatic heterocycles. The van der Waals surface area contributed by atoms with Crippen molar-refractivity contribution in [2.24, 2.45) is 5.73 Å². The van der Waals surface area contributed by atoms with Gasteiger partial charge in [-0.1, -0.05) is 43.7 Å². The number of rotatable bonds is 5. The minimum absolute atomic E-state index is 0.583. The third kappa shape index (κ3) is 2.87. The van der Waals surface area contributed by atoms with Gasteiger partial charge < -0.3 is 5.73 Å². The van der Waals surface area contributed by atoms with Gasteiger partial charge in [0.15, 0.2) is 0 Å². The number of aryl methyl sites for hydroxylation is 2. The Labute approximate surface area is 115 Å². The maximum Gasteiger partial charge on any atom is 0.0669 e. The Kier molecular flexibility index (Phi) is 4.38. The zero-order valence-corrected chi connectivity index (χ0v) is 12.1. The molecule has 2 N–H and O–H groups in total. The number of aromatic nitrogens is 2. The second-order valence-corrected chi connectivity index (χ2v) is 4.93. The second-order valence-electron chi connectivity index (χ2n) is 4.93. The SMILES string of the molecule is CCc1nn(Cc2cccc(C)c2)c(CC)c1CN. The normalized spacial score (nSPS) is 10.9. The lowest BCUT2D eigenvalue weighted by Crippen LogP contribution is -2.08. The lowest BCUT2D eigenvalue weighted by Gasteiger charge is -2.08. The molecule has 0 unspecified atom stereocenters. The van der Waals surface area contributed by atoms with Crippen LogP contribution >= 0.6 is 0 Å². The first-order valence-electron chi connectivity index (χ1n) is 7.02. The van der Waals surface area contributed by atoms with Crippen LogP contribution < -0.4 is 5.73 Å². The fourth-order valence-corrected chi connectivity index (χ4v) is 2.62. The third-order valence-electron chi connectivity index (χ3n) is 3.54. The highest BCUT2D eigenvalue weighted by Gasteiger charge is 2.14. The van der Waals surface area contributed by atoms with Gasteiger partial charge in [-0.3, -0.25) is 4.68 Å². The van der Waals surface area contributed by atoms with Crippen molar-refractivity contribution in [3.8, 4) is 0 Å². The van der Waals surface area contributed by atoms with Crippen LogP contribution in [0.15, 0.2) is 24.3 Å². The molecule has 1 aromatic carbocycles. The molecule has 0 spiro atoms. The van der Waals surface area contributed by atoms with Gasteiger partial charge in [-0.25, -0.2) is 0 Å². The summed E-state index contributed by atoms with van der Waals surface area (Å²) in [4.78, 5) is 0. The van der Waals surface area contributed by atoms with Crippen molar-refractivity contribution >= 4 is 0 Å². The molecule has 0 aliphatic rings. The molecule has 2 aromatic rings. The molecule has 102 valence electrons. The van der Waals surface area contributed by atoms with Crippen molar-refractivity contribution in [2.45, 2.75) is 46.7 Å². The quantitative estimate of drug-likeness (QED) is 0.895. The summed E-state index contributed by atoms with van der Waals surface area (Å²) in [5, 5.41) is 4.73. The average Bonchev–Trinajstić information content (AvgIpc) is 2.75. The molecular weight excluding hydrogens is 234 g/mol. The zero-order valence-electron chi connectivity index (χ0n) is 12.1. The van der Waals surface area contributed by atoms with Crippen LogP contribution in [-0.4, -0.2) is 9.78 Å². The average molecular weight is 257 g/mol. The Morgan fingerprint density at radius 1 is 1.21 bits per heavy atom. The monoisotopic (exact) mass is 257 g/mol. The van der Waals surface area contributed by atoms with Crippen molar-refractivity contribution in [3.05, 3.63) is 52.3 Å². The van der Waals surface area contributed by atoms with Gasteiger partial charge >= 0.3 is 0 Å². The smallest absolute Gasteiger partial charge is 0.0669 e. The fourth-order valence-electron chi connectivity index (χ4n) is 2.62. The highest BCUT2D eigenvalue weighted by atomic mass is 15.3. The van der Waals surface area contributed by atoms with E-state index in [1.807, 2.05) is 0 Å². The van der Waals surface area contributed by atoms with Crippen molar-refractivity contribution in [1.29, 1.82) is 0 Å². The Morgan fingerprint density at radius 2 is 2.00 bits per heavy atom. The molecule has 0 saturated carbocycles. The van der Waals surface area contributed by atoms with E-state index >= 15 is 0 Å². The van der Waals surface area contributed by atoms with Gasteiger partial charge in [0.1, 0.15) is 0 Å². The largest absolute Gasteiger partial charge is 0.326 e. The first-order chi connectivity index (χ1) is 9.19. The van der Waals surface area contributed by atoms with Gasteiger partial charge in [-0.05, 0) is 25.3 Å². The maximum absolute atomic E-state index is 5.88. The summed E-state index contributed by atoms with van der Waals surface area (Å²) < 4.78 is 2.12. The van der Waals surface area contributed by atoms with Crippen LogP contribution in [0.4, 0.5) is 0 Å². The molecular formula is C16H23N3. The minimum Gasteiger partial charge on any atom is -0.326 e. The van der Waals surface area contributed by atoms with Crippen LogP contribution in [0.2, 0.25) is 0 Å². The lowest BCUT2D eigenvalue weighted by molar-refractivity contribution is 0.639. The summed E-state index contributed by atoms with van der Waals surface area (Å²) in [5.41, 5.74) is 12.1. The molecule has 0 radical (unpaired) electrons. The predicted molar refractivity (Wildman–Crippen MR) is 79.2 cm³/mol. The van der Waals surface area contributed by atoms with Crippen molar-refractivity contribution in [1.82, 2.24) is 9.78 Å². The summed E-state index contributed by atoms with van der Waals surface area (Å²) >= 11 is 0. The first kappa shape index (κ1) is 13.8. The number of nitrogens with two attached hydrogens (primary N) is 1. The van der Waals surface area contributed by atoms with Crippen LogP contribution in [-0.2, 0) is 25.9 Å². The summed E-state index contributed by atoms with van der Waals surface area (Å²) in [6.07, 6.45) is 1.92. The minimum atomic E-state index is 0.583. The van der Waals surface area contributed by atoms with Gasteiger partial charge in [0.2, 0.25) is 0 Å². The van der Waals surface area contributed by atoms with E-state index in [-0.39, 0.29) is 0 Å². The van der Waals surface area contributed by atoms with E-state index < -0.39 is 0 Å². The first-order valence-corrected chi connectivity index (χ1v) is 7.02. The van der Waals surface area contributed by atoms with Crippen molar-refractivity contribution in [2.75, 3.05) is 0 Å². The highest BCUT2D eigenvalue weighted by molar-refractivity contribution is 5.28.